The molecule has 3 nitrogen and oxygen atoms in total. The molecule has 0 radical (unpaired) electrons. The highest BCUT2D eigenvalue weighted by molar-refractivity contribution is 5.54. The summed E-state index contributed by atoms with van der Waals surface area (Å²) in [6.07, 6.45) is 1.70. The monoisotopic (exact) mass is 154 g/mol. The summed E-state index contributed by atoms with van der Waals surface area (Å²) in [4.78, 5) is 13.3. The fraction of sp³-hybridized carbons (Fsp3) is 0.286. The number of aromatic amines is 1. The second kappa shape index (κ2) is 2.08. The molecule has 2 heterocycles. The van der Waals surface area contributed by atoms with Gasteiger partial charge in [0.2, 0.25) is 0 Å². The van der Waals surface area contributed by atoms with Crippen molar-refractivity contribution in [3.8, 4) is 0 Å². The molecule has 4 heteroatoms. The number of halogens is 1. The quantitative estimate of drug-likeness (QED) is 0.571. The molecule has 58 valence electrons. The number of fused-ring (bicyclic) bond motifs is 1. The summed E-state index contributed by atoms with van der Waals surface area (Å²) in [5.41, 5.74) is 0.713. The maximum absolute atomic E-state index is 12.8. The van der Waals surface area contributed by atoms with Crippen LogP contribution >= 0.6 is 0 Å². The van der Waals surface area contributed by atoms with Gasteiger partial charge < -0.3 is 10.3 Å². The van der Waals surface area contributed by atoms with Gasteiger partial charge in [-0.25, -0.2) is 4.39 Å². The molecule has 0 aliphatic carbocycles. The van der Waals surface area contributed by atoms with Crippen molar-refractivity contribution < 1.29 is 4.39 Å². The van der Waals surface area contributed by atoms with Crippen molar-refractivity contribution in [2.45, 2.75) is 6.42 Å². The molecular weight excluding hydrogens is 147 g/mol. The number of aromatic nitrogens is 1. The summed E-state index contributed by atoms with van der Waals surface area (Å²) >= 11 is 0. The zero-order valence-corrected chi connectivity index (χ0v) is 5.78. The number of anilines is 1. The Hall–Kier alpha value is -1.32. The molecule has 0 unspecified atom stereocenters. The number of hydrogen-bond donors (Lipinski definition) is 2. The van der Waals surface area contributed by atoms with Crippen LogP contribution in [-0.4, -0.2) is 11.5 Å². The molecule has 0 saturated carbocycles. The van der Waals surface area contributed by atoms with Gasteiger partial charge in [0.25, 0.3) is 5.56 Å². The molecule has 0 amide bonds. The number of H-pyrrole nitrogens is 1. The van der Waals surface area contributed by atoms with Crippen LogP contribution in [0.25, 0.3) is 0 Å². The lowest BCUT2D eigenvalue weighted by molar-refractivity contribution is 0.624. The molecule has 0 atom stereocenters. The summed E-state index contributed by atoms with van der Waals surface area (Å²) in [5, 5.41) is 2.81. The fourth-order valence-corrected chi connectivity index (χ4v) is 1.29. The smallest absolute Gasteiger partial charge is 0.253 e. The van der Waals surface area contributed by atoms with Gasteiger partial charge in [-0.05, 0) is 6.42 Å². The molecule has 1 aliphatic heterocycles. The van der Waals surface area contributed by atoms with Gasteiger partial charge in [-0.2, -0.15) is 0 Å². The van der Waals surface area contributed by atoms with E-state index in [1.54, 1.807) is 0 Å². The van der Waals surface area contributed by atoms with Gasteiger partial charge in [-0.15, -0.1) is 0 Å². The topological polar surface area (TPSA) is 44.9 Å². The van der Waals surface area contributed by atoms with Crippen molar-refractivity contribution in [3.05, 3.63) is 27.9 Å². The molecule has 1 aliphatic rings. The van der Waals surface area contributed by atoms with Gasteiger partial charge in [0.15, 0.2) is 5.82 Å². The Bertz CT molecular complexity index is 345. The number of rotatable bonds is 0. The van der Waals surface area contributed by atoms with E-state index in [4.69, 9.17) is 0 Å². The number of hydrogen-bond acceptors (Lipinski definition) is 2. The van der Waals surface area contributed by atoms with E-state index in [1.165, 1.54) is 0 Å². The molecule has 0 fully saturated rings. The minimum atomic E-state index is -0.378. The summed E-state index contributed by atoms with van der Waals surface area (Å²) in [6.45, 7) is 0.652. The van der Waals surface area contributed by atoms with Gasteiger partial charge in [-0.1, -0.05) is 0 Å². The van der Waals surface area contributed by atoms with E-state index in [2.05, 4.69) is 10.3 Å². The molecule has 2 rings (SSSR count). The average Bonchev–Trinajstić information content (AvgIpc) is 2.45. The fourth-order valence-electron chi connectivity index (χ4n) is 1.29. The van der Waals surface area contributed by atoms with Crippen LogP contribution in [0.5, 0.6) is 0 Å². The Morgan fingerprint density at radius 3 is 3.09 bits per heavy atom. The molecule has 11 heavy (non-hydrogen) atoms. The zero-order chi connectivity index (χ0) is 7.84. The molecule has 0 spiro atoms. The lowest BCUT2D eigenvalue weighted by Gasteiger charge is -1.97. The predicted molar refractivity (Wildman–Crippen MR) is 39.2 cm³/mol. The Morgan fingerprint density at radius 2 is 2.36 bits per heavy atom. The first-order chi connectivity index (χ1) is 5.29. The SMILES string of the molecule is O=c1[nH]cc(F)c2c1CCN2. The third-order valence-corrected chi connectivity index (χ3v) is 1.82. The molecule has 0 bridgehead atoms. The second-order valence-electron chi connectivity index (χ2n) is 2.50. The van der Waals surface area contributed by atoms with Crippen molar-refractivity contribution in [1.29, 1.82) is 0 Å². The molecular formula is C7H7FN2O. The maximum atomic E-state index is 12.8. The average molecular weight is 154 g/mol. The Kier molecular flexibility index (Phi) is 1.21. The van der Waals surface area contributed by atoms with E-state index in [1.807, 2.05) is 0 Å². The summed E-state index contributed by atoms with van der Waals surface area (Å²) in [7, 11) is 0. The van der Waals surface area contributed by atoms with Crippen LogP contribution in [0.1, 0.15) is 5.56 Å². The second-order valence-corrected chi connectivity index (χ2v) is 2.50. The highest BCUT2D eigenvalue weighted by Crippen LogP contribution is 2.20. The minimum Gasteiger partial charge on any atom is -0.382 e. The van der Waals surface area contributed by atoms with Gasteiger partial charge in [0, 0.05) is 18.3 Å². The Morgan fingerprint density at radius 1 is 1.55 bits per heavy atom. The van der Waals surface area contributed by atoms with Crippen LogP contribution in [0.3, 0.4) is 0 Å². The normalized spacial score (nSPS) is 14.3. The van der Waals surface area contributed by atoms with Gasteiger partial charge in [0.1, 0.15) is 0 Å². The third-order valence-electron chi connectivity index (χ3n) is 1.82. The van der Waals surface area contributed by atoms with E-state index in [0.717, 1.165) is 6.20 Å². The lowest BCUT2D eigenvalue weighted by atomic mass is 10.2. The van der Waals surface area contributed by atoms with Crippen LogP contribution in [0.4, 0.5) is 10.1 Å². The predicted octanol–water partition coefficient (Wildman–Crippen LogP) is 0.482. The van der Waals surface area contributed by atoms with E-state index in [9.17, 15) is 9.18 Å². The largest absolute Gasteiger partial charge is 0.382 e. The van der Waals surface area contributed by atoms with E-state index in [-0.39, 0.29) is 11.4 Å². The number of nitrogens with one attached hydrogen (secondary N) is 2. The third kappa shape index (κ3) is 0.824. The van der Waals surface area contributed by atoms with Gasteiger partial charge in [0.05, 0.1) is 5.69 Å². The van der Waals surface area contributed by atoms with Crippen LogP contribution in [0.2, 0.25) is 0 Å². The summed E-state index contributed by atoms with van der Waals surface area (Å²) in [6, 6.07) is 0. The van der Waals surface area contributed by atoms with Crippen LogP contribution in [-0.2, 0) is 6.42 Å². The first-order valence-electron chi connectivity index (χ1n) is 3.43. The standard InChI is InChI=1S/C7H7FN2O/c8-5-3-10-7(11)4-1-2-9-6(4)5/h3,9H,1-2H2,(H,10,11). The van der Waals surface area contributed by atoms with Crippen molar-refractivity contribution in [1.82, 2.24) is 4.98 Å². The Balaban J connectivity index is 2.74. The van der Waals surface area contributed by atoms with Crippen molar-refractivity contribution in [2.24, 2.45) is 0 Å². The van der Waals surface area contributed by atoms with E-state index in [0.29, 0.717) is 24.2 Å². The maximum Gasteiger partial charge on any atom is 0.253 e. The highest BCUT2D eigenvalue weighted by Gasteiger charge is 2.16. The molecule has 0 saturated heterocycles. The molecule has 1 aromatic rings. The molecule has 1 aromatic heterocycles. The first kappa shape index (κ1) is 6.39. The molecule has 0 aromatic carbocycles. The van der Waals surface area contributed by atoms with Crippen LogP contribution in [0, 0.1) is 5.82 Å². The molecule has 2 N–H and O–H groups in total. The number of pyridine rings is 1. The minimum absolute atomic E-state index is 0.189. The Labute approximate surface area is 62.3 Å². The van der Waals surface area contributed by atoms with Crippen molar-refractivity contribution >= 4 is 5.69 Å². The highest BCUT2D eigenvalue weighted by atomic mass is 19.1. The lowest BCUT2D eigenvalue weighted by Crippen LogP contribution is -2.10. The van der Waals surface area contributed by atoms with E-state index < -0.39 is 0 Å². The van der Waals surface area contributed by atoms with Gasteiger partial charge >= 0.3 is 0 Å². The van der Waals surface area contributed by atoms with Crippen molar-refractivity contribution in [2.75, 3.05) is 11.9 Å². The summed E-state index contributed by atoms with van der Waals surface area (Å²) < 4.78 is 12.8. The van der Waals surface area contributed by atoms with Crippen LogP contribution < -0.4 is 10.9 Å². The zero-order valence-electron chi connectivity index (χ0n) is 5.78. The first-order valence-corrected chi connectivity index (χ1v) is 3.43. The summed E-state index contributed by atoms with van der Waals surface area (Å²) in [5.74, 6) is -0.378. The van der Waals surface area contributed by atoms with Crippen molar-refractivity contribution in [3.63, 3.8) is 0 Å². The van der Waals surface area contributed by atoms with Crippen LogP contribution in [0.15, 0.2) is 11.0 Å². The van der Waals surface area contributed by atoms with E-state index >= 15 is 0 Å². The van der Waals surface area contributed by atoms with Gasteiger partial charge in [-0.3, -0.25) is 4.79 Å².